The van der Waals surface area contributed by atoms with Crippen LogP contribution < -0.4 is 0 Å². The van der Waals surface area contributed by atoms with Gasteiger partial charge in [-0.05, 0) is 63.1 Å². The zero-order chi connectivity index (χ0) is 26.0. The molecular formula is C34H26N4. The van der Waals surface area contributed by atoms with Crippen molar-refractivity contribution >= 4 is 43.6 Å². The predicted octanol–water partition coefficient (Wildman–Crippen LogP) is 8.45. The summed E-state index contributed by atoms with van der Waals surface area (Å²) in [6.07, 6.45) is 0. The van der Waals surface area contributed by atoms with Gasteiger partial charge in [0, 0.05) is 44.1 Å². The van der Waals surface area contributed by atoms with Crippen LogP contribution in [-0.2, 0) is 0 Å². The predicted molar refractivity (Wildman–Crippen MR) is 157 cm³/mol. The summed E-state index contributed by atoms with van der Waals surface area (Å²) in [6.45, 7) is 8.34. The maximum atomic E-state index is 5.06. The molecule has 0 aliphatic rings. The zero-order valence-electron chi connectivity index (χ0n) is 21.9. The van der Waals surface area contributed by atoms with Crippen LogP contribution in [0.1, 0.15) is 22.5 Å². The van der Waals surface area contributed by atoms with Crippen LogP contribution in [0.15, 0.2) is 84.9 Å². The third kappa shape index (κ3) is 3.60. The Morgan fingerprint density at radius 1 is 0.395 bits per heavy atom. The molecule has 0 spiro atoms. The molecule has 3 aromatic carbocycles. The molecule has 4 heterocycles. The Morgan fingerprint density at radius 2 is 0.789 bits per heavy atom. The Balaban J connectivity index is 1.32. The minimum atomic E-state index is 0.935. The third-order valence-electron chi connectivity index (χ3n) is 7.42. The average molecular weight is 491 g/mol. The van der Waals surface area contributed by atoms with Gasteiger partial charge in [0.2, 0.25) is 0 Å². The summed E-state index contributed by atoms with van der Waals surface area (Å²) in [5, 5.41) is 4.50. The summed E-state index contributed by atoms with van der Waals surface area (Å²) in [4.78, 5) is 19.8. The van der Waals surface area contributed by atoms with Crippen LogP contribution >= 0.6 is 0 Å². The van der Waals surface area contributed by atoms with Crippen LogP contribution in [0.25, 0.3) is 66.1 Å². The number of aryl methyl sites for hydroxylation is 4. The van der Waals surface area contributed by atoms with Crippen molar-refractivity contribution in [1.82, 2.24) is 19.9 Å². The van der Waals surface area contributed by atoms with Crippen molar-refractivity contribution in [2.24, 2.45) is 0 Å². The molecule has 0 atom stereocenters. The fraction of sp³-hybridized carbons (Fsp3) is 0.118. The highest BCUT2D eigenvalue weighted by Gasteiger charge is 2.11. The van der Waals surface area contributed by atoms with E-state index in [1.807, 2.05) is 13.8 Å². The van der Waals surface area contributed by atoms with Crippen molar-refractivity contribution in [3.05, 3.63) is 107 Å². The first-order valence-corrected chi connectivity index (χ1v) is 12.9. The quantitative estimate of drug-likeness (QED) is 0.228. The van der Waals surface area contributed by atoms with Crippen molar-refractivity contribution in [3.8, 4) is 22.5 Å². The topological polar surface area (TPSA) is 51.6 Å². The number of hydrogen-bond acceptors (Lipinski definition) is 4. The maximum absolute atomic E-state index is 5.06. The molecule has 182 valence electrons. The van der Waals surface area contributed by atoms with Gasteiger partial charge >= 0.3 is 0 Å². The average Bonchev–Trinajstić information content (AvgIpc) is 2.92. The van der Waals surface area contributed by atoms with Crippen LogP contribution in [0.3, 0.4) is 0 Å². The van der Waals surface area contributed by atoms with Gasteiger partial charge in [0.1, 0.15) is 0 Å². The Kier molecular flexibility index (Phi) is 4.98. The first-order chi connectivity index (χ1) is 18.4. The van der Waals surface area contributed by atoms with E-state index in [0.717, 1.165) is 77.5 Å². The maximum Gasteiger partial charge on any atom is 0.0972 e. The normalized spacial score (nSPS) is 11.7. The molecule has 7 rings (SSSR count). The molecule has 4 aromatic heterocycles. The van der Waals surface area contributed by atoms with E-state index >= 15 is 0 Å². The molecule has 0 amide bonds. The highest BCUT2D eigenvalue weighted by atomic mass is 14.8. The second kappa shape index (κ2) is 8.42. The molecule has 0 saturated carbocycles. The Hall–Kier alpha value is -4.70. The summed E-state index contributed by atoms with van der Waals surface area (Å²) in [5.41, 5.74) is 12.3. The van der Waals surface area contributed by atoms with E-state index in [4.69, 9.17) is 19.9 Å². The smallest absolute Gasteiger partial charge is 0.0972 e. The van der Waals surface area contributed by atoms with Gasteiger partial charge in [0.05, 0.1) is 33.5 Å². The molecule has 0 N–H and O–H groups in total. The molecule has 0 fully saturated rings. The van der Waals surface area contributed by atoms with Crippen molar-refractivity contribution in [1.29, 1.82) is 0 Å². The lowest BCUT2D eigenvalue weighted by Gasteiger charge is -2.10. The summed E-state index contributed by atoms with van der Waals surface area (Å²) < 4.78 is 0. The molecule has 0 aliphatic carbocycles. The lowest BCUT2D eigenvalue weighted by atomic mass is 10.0. The number of benzene rings is 3. The minimum Gasteiger partial charge on any atom is -0.251 e. The Labute approximate surface area is 221 Å². The highest BCUT2D eigenvalue weighted by molar-refractivity contribution is 6.05. The van der Waals surface area contributed by atoms with Crippen molar-refractivity contribution in [3.63, 3.8) is 0 Å². The van der Waals surface area contributed by atoms with E-state index < -0.39 is 0 Å². The molecule has 4 nitrogen and oxygen atoms in total. The zero-order valence-corrected chi connectivity index (χ0v) is 21.9. The van der Waals surface area contributed by atoms with Crippen molar-refractivity contribution in [2.45, 2.75) is 27.7 Å². The third-order valence-corrected chi connectivity index (χ3v) is 7.42. The SMILES string of the molecule is Cc1cc(C)c2ccc3ccc(-c4ccc(-c5ccc6ccc7c(C)cc(C)nc7c6n5)cc4)nc3c2n1. The van der Waals surface area contributed by atoms with Gasteiger partial charge < -0.3 is 0 Å². The van der Waals surface area contributed by atoms with Gasteiger partial charge in [-0.3, -0.25) is 9.97 Å². The van der Waals surface area contributed by atoms with E-state index in [0.29, 0.717) is 0 Å². The number of rotatable bonds is 2. The number of hydrogen-bond donors (Lipinski definition) is 0. The lowest BCUT2D eigenvalue weighted by molar-refractivity contribution is 1.23. The molecule has 0 saturated heterocycles. The number of aromatic nitrogens is 4. The fourth-order valence-electron chi connectivity index (χ4n) is 5.54. The van der Waals surface area contributed by atoms with E-state index in [1.165, 1.54) is 11.1 Å². The summed E-state index contributed by atoms with van der Waals surface area (Å²) >= 11 is 0. The largest absolute Gasteiger partial charge is 0.251 e. The summed E-state index contributed by atoms with van der Waals surface area (Å²) in [5.74, 6) is 0. The van der Waals surface area contributed by atoms with Gasteiger partial charge in [-0.15, -0.1) is 0 Å². The summed E-state index contributed by atoms with van der Waals surface area (Å²) in [7, 11) is 0. The van der Waals surface area contributed by atoms with E-state index in [9.17, 15) is 0 Å². The lowest BCUT2D eigenvalue weighted by Crippen LogP contribution is -1.93. The number of pyridine rings is 4. The van der Waals surface area contributed by atoms with Crippen LogP contribution in [0.4, 0.5) is 0 Å². The molecule has 38 heavy (non-hydrogen) atoms. The van der Waals surface area contributed by atoms with Gasteiger partial charge in [-0.1, -0.05) is 60.7 Å². The molecular weight excluding hydrogens is 464 g/mol. The standard InChI is InChI=1S/C34H26N4/c1-19-17-21(3)35-33-27(19)13-9-25-11-15-29(37-31(25)33)23-5-7-24(8-6-23)30-16-12-26-10-14-28-20(2)18-22(4)36-34(28)32(26)38-30/h5-18H,1-4H3. The molecule has 7 aromatic rings. The Bertz CT molecular complexity index is 1910. The number of nitrogens with zero attached hydrogens (tertiary/aromatic N) is 4. The van der Waals surface area contributed by atoms with Crippen LogP contribution in [0.5, 0.6) is 0 Å². The number of fused-ring (bicyclic) bond motifs is 6. The van der Waals surface area contributed by atoms with Crippen LogP contribution in [0.2, 0.25) is 0 Å². The van der Waals surface area contributed by atoms with Gasteiger partial charge in [0.25, 0.3) is 0 Å². The monoisotopic (exact) mass is 490 g/mol. The minimum absolute atomic E-state index is 0.935. The highest BCUT2D eigenvalue weighted by Crippen LogP contribution is 2.31. The second-order valence-electron chi connectivity index (χ2n) is 10.2. The molecule has 0 bridgehead atoms. The molecule has 0 aliphatic heterocycles. The molecule has 4 heteroatoms. The van der Waals surface area contributed by atoms with Crippen molar-refractivity contribution < 1.29 is 0 Å². The van der Waals surface area contributed by atoms with Gasteiger partial charge in [-0.25, -0.2) is 9.97 Å². The molecule has 0 radical (unpaired) electrons. The first-order valence-electron chi connectivity index (χ1n) is 12.9. The fourth-order valence-corrected chi connectivity index (χ4v) is 5.54. The van der Waals surface area contributed by atoms with Crippen molar-refractivity contribution in [2.75, 3.05) is 0 Å². The second-order valence-corrected chi connectivity index (χ2v) is 10.2. The van der Waals surface area contributed by atoms with Crippen LogP contribution in [0, 0.1) is 27.7 Å². The van der Waals surface area contributed by atoms with E-state index in [2.05, 4.69) is 98.8 Å². The van der Waals surface area contributed by atoms with E-state index in [1.54, 1.807) is 0 Å². The van der Waals surface area contributed by atoms with Crippen LogP contribution in [-0.4, -0.2) is 19.9 Å². The van der Waals surface area contributed by atoms with E-state index in [-0.39, 0.29) is 0 Å². The van der Waals surface area contributed by atoms with Gasteiger partial charge in [-0.2, -0.15) is 0 Å². The summed E-state index contributed by atoms with van der Waals surface area (Å²) in [6, 6.07) is 29.8. The first kappa shape index (κ1) is 22.5. The Morgan fingerprint density at radius 3 is 1.21 bits per heavy atom. The van der Waals surface area contributed by atoms with Gasteiger partial charge in [0.15, 0.2) is 0 Å². The molecule has 0 unspecified atom stereocenters.